The number of nitrogens with one attached hydrogen (secondary N) is 1. The number of nitrogens with zero attached hydrogens (tertiary/aromatic N) is 1. The van der Waals surface area contributed by atoms with Crippen LogP contribution in [-0.2, 0) is 4.79 Å². The van der Waals surface area contributed by atoms with Crippen LogP contribution in [0.5, 0.6) is 0 Å². The molecule has 1 amide bonds. The lowest BCUT2D eigenvalue weighted by atomic mass is 10.2. The topological polar surface area (TPSA) is 55.1 Å². The second-order valence-corrected chi connectivity index (χ2v) is 7.12. The lowest BCUT2D eigenvalue weighted by Crippen LogP contribution is -2.13. The van der Waals surface area contributed by atoms with Crippen molar-refractivity contribution in [3.8, 4) is 11.3 Å². The first-order chi connectivity index (χ1) is 11.6. The third-order valence-electron chi connectivity index (χ3n) is 3.07. The van der Waals surface area contributed by atoms with Gasteiger partial charge >= 0.3 is 0 Å². The molecular formula is C17H12BrClN2O2S. The smallest absolute Gasteiger partial charge is 0.256 e. The summed E-state index contributed by atoms with van der Waals surface area (Å²) in [6.07, 6.45) is 1.66. The molecule has 1 aromatic heterocycles. The summed E-state index contributed by atoms with van der Waals surface area (Å²) in [6.45, 7) is 0. The number of hydrogen-bond acceptors (Lipinski definition) is 4. The molecule has 0 aliphatic heterocycles. The molecule has 0 radical (unpaired) electrons. The second-order valence-electron chi connectivity index (χ2n) is 4.84. The highest BCUT2D eigenvalue weighted by atomic mass is 79.9. The first kappa shape index (κ1) is 17.1. The van der Waals surface area contributed by atoms with Crippen molar-refractivity contribution >= 4 is 50.9 Å². The number of aromatic nitrogens is 1. The van der Waals surface area contributed by atoms with E-state index in [2.05, 4.69) is 26.2 Å². The van der Waals surface area contributed by atoms with Gasteiger partial charge in [-0.05, 0) is 36.4 Å². The van der Waals surface area contributed by atoms with Crippen molar-refractivity contribution in [3.05, 3.63) is 64.2 Å². The number of carbonyl (C=O) groups excluding carboxylic acids is 1. The standard InChI is InChI=1S/C17H12BrClN2O2S/c18-12-3-1-11(2-4-12)15-9-20-17(23-15)24-10-16(22)21-14-7-5-13(19)6-8-14/h1-9H,10H2,(H,21,22). The quantitative estimate of drug-likeness (QED) is 0.551. The predicted molar refractivity (Wildman–Crippen MR) is 100 cm³/mol. The average Bonchev–Trinajstić information content (AvgIpc) is 3.05. The zero-order valence-corrected chi connectivity index (χ0v) is 15.5. The van der Waals surface area contributed by atoms with Crippen molar-refractivity contribution < 1.29 is 9.21 Å². The van der Waals surface area contributed by atoms with E-state index < -0.39 is 0 Å². The normalized spacial score (nSPS) is 10.6. The predicted octanol–water partition coefficient (Wildman–Crippen LogP) is 5.49. The van der Waals surface area contributed by atoms with Gasteiger partial charge in [0.2, 0.25) is 5.91 Å². The van der Waals surface area contributed by atoms with Crippen molar-refractivity contribution in [2.75, 3.05) is 11.1 Å². The van der Waals surface area contributed by atoms with Crippen LogP contribution in [0, 0.1) is 0 Å². The van der Waals surface area contributed by atoms with Crippen LogP contribution in [0.4, 0.5) is 5.69 Å². The van der Waals surface area contributed by atoms with Crippen molar-refractivity contribution in [2.45, 2.75) is 5.22 Å². The van der Waals surface area contributed by atoms with Gasteiger partial charge in [0.1, 0.15) is 0 Å². The van der Waals surface area contributed by atoms with Gasteiger partial charge < -0.3 is 9.73 Å². The van der Waals surface area contributed by atoms with Gasteiger partial charge in [-0.25, -0.2) is 4.98 Å². The molecule has 122 valence electrons. The van der Waals surface area contributed by atoms with Gasteiger partial charge in [-0.15, -0.1) is 0 Å². The highest BCUT2D eigenvalue weighted by molar-refractivity contribution is 9.10. The SMILES string of the molecule is O=C(CSc1ncc(-c2ccc(Br)cc2)o1)Nc1ccc(Cl)cc1. The number of rotatable bonds is 5. The number of benzene rings is 2. The van der Waals surface area contributed by atoms with Gasteiger partial charge in [0.05, 0.1) is 11.9 Å². The molecule has 2 aromatic carbocycles. The summed E-state index contributed by atoms with van der Waals surface area (Å²) < 4.78 is 6.66. The molecule has 24 heavy (non-hydrogen) atoms. The Hall–Kier alpha value is -1.76. The fraction of sp³-hybridized carbons (Fsp3) is 0.0588. The third kappa shape index (κ3) is 4.63. The molecule has 0 aliphatic carbocycles. The first-order valence-electron chi connectivity index (χ1n) is 7.00. The van der Waals surface area contributed by atoms with Crippen LogP contribution in [0.1, 0.15) is 0 Å². The molecule has 0 aliphatic rings. The average molecular weight is 424 g/mol. The summed E-state index contributed by atoms with van der Waals surface area (Å²) in [5, 5.41) is 3.88. The van der Waals surface area contributed by atoms with Gasteiger partial charge in [0.25, 0.3) is 5.22 Å². The summed E-state index contributed by atoms with van der Waals surface area (Å²) in [7, 11) is 0. The lowest BCUT2D eigenvalue weighted by Gasteiger charge is -2.03. The Morgan fingerprint density at radius 3 is 2.58 bits per heavy atom. The van der Waals surface area contributed by atoms with Crippen LogP contribution < -0.4 is 5.32 Å². The van der Waals surface area contributed by atoms with E-state index in [0.29, 0.717) is 21.7 Å². The summed E-state index contributed by atoms with van der Waals surface area (Å²) in [5.74, 6) is 0.747. The molecule has 3 rings (SSSR count). The Balaban J connectivity index is 1.56. The number of oxazole rings is 1. The van der Waals surface area contributed by atoms with E-state index in [0.717, 1.165) is 10.0 Å². The van der Waals surface area contributed by atoms with Gasteiger partial charge in [-0.1, -0.05) is 51.4 Å². The van der Waals surface area contributed by atoms with E-state index in [9.17, 15) is 4.79 Å². The zero-order valence-electron chi connectivity index (χ0n) is 12.3. The number of halogens is 2. The Labute approximate surface area is 156 Å². The molecule has 0 unspecified atom stereocenters. The number of amides is 1. The number of anilines is 1. The monoisotopic (exact) mass is 422 g/mol. The zero-order chi connectivity index (χ0) is 16.9. The summed E-state index contributed by atoms with van der Waals surface area (Å²) in [4.78, 5) is 16.1. The molecule has 3 aromatic rings. The summed E-state index contributed by atoms with van der Waals surface area (Å²) in [5.41, 5.74) is 1.64. The Bertz CT molecular complexity index is 835. The molecule has 7 heteroatoms. The highest BCUT2D eigenvalue weighted by Crippen LogP contribution is 2.26. The van der Waals surface area contributed by atoms with Crippen molar-refractivity contribution in [1.29, 1.82) is 0 Å². The van der Waals surface area contributed by atoms with E-state index in [1.54, 1.807) is 30.5 Å². The van der Waals surface area contributed by atoms with Crippen LogP contribution in [0.2, 0.25) is 5.02 Å². The summed E-state index contributed by atoms with van der Waals surface area (Å²) in [6, 6.07) is 14.7. The largest absolute Gasteiger partial charge is 0.431 e. The van der Waals surface area contributed by atoms with Crippen molar-refractivity contribution in [2.24, 2.45) is 0 Å². The molecular weight excluding hydrogens is 412 g/mol. The minimum atomic E-state index is -0.134. The van der Waals surface area contributed by atoms with E-state index in [1.165, 1.54) is 11.8 Å². The van der Waals surface area contributed by atoms with Gasteiger partial charge in [0, 0.05) is 20.7 Å². The third-order valence-corrected chi connectivity index (χ3v) is 4.69. The summed E-state index contributed by atoms with van der Waals surface area (Å²) >= 11 is 10.4. The molecule has 0 saturated carbocycles. The molecule has 0 fully saturated rings. The van der Waals surface area contributed by atoms with Crippen molar-refractivity contribution in [1.82, 2.24) is 4.98 Å². The van der Waals surface area contributed by atoms with Gasteiger partial charge in [-0.3, -0.25) is 4.79 Å². The molecule has 1 heterocycles. The second kappa shape index (κ2) is 7.88. The maximum absolute atomic E-state index is 11.9. The van der Waals surface area contributed by atoms with E-state index in [4.69, 9.17) is 16.0 Å². The molecule has 0 atom stereocenters. The highest BCUT2D eigenvalue weighted by Gasteiger charge is 2.10. The number of carbonyl (C=O) groups is 1. The van der Waals surface area contributed by atoms with Crippen LogP contribution in [-0.4, -0.2) is 16.6 Å². The minimum absolute atomic E-state index is 0.134. The molecule has 1 N–H and O–H groups in total. The van der Waals surface area contributed by atoms with Crippen LogP contribution in [0.3, 0.4) is 0 Å². The number of hydrogen-bond donors (Lipinski definition) is 1. The first-order valence-corrected chi connectivity index (χ1v) is 9.16. The molecule has 0 bridgehead atoms. The van der Waals surface area contributed by atoms with E-state index >= 15 is 0 Å². The van der Waals surface area contributed by atoms with Gasteiger partial charge in [0.15, 0.2) is 5.76 Å². The maximum Gasteiger partial charge on any atom is 0.256 e. The Morgan fingerprint density at radius 1 is 1.17 bits per heavy atom. The number of thioether (sulfide) groups is 1. The van der Waals surface area contributed by atoms with Crippen LogP contribution in [0.25, 0.3) is 11.3 Å². The van der Waals surface area contributed by atoms with E-state index in [-0.39, 0.29) is 11.7 Å². The van der Waals surface area contributed by atoms with Crippen LogP contribution >= 0.6 is 39.3 Å². The maximum atomic E-state index is 11.9. The molecule has 4 nitrogen and oxygen atoms in total. The van der Waals surface area contributed by atoms with Gasteiger partial charge in [-0.2, -0.15) is 0 Å². The lowest BCUT2D eigenvalue weighted by molar-refractivity contribution is -0.113. The Morgan fingerprint density at radius 2 is 1.88 bits per heavy atom. The Kier molecular flexibility index (Phi) is 5.60. The fourth-order valence-corrected chi connectivity index (χ4v) is 2.92. The van der Waals surface area contributed by atoms with Crippen LogP contribution in [0.15, 0.2) is 68.8 Å². The fourth-order valence-electron chi connectivity index (χ4n) is 1.93. The molecule has 0 saturated heterocycles. The van der Waals surface area contributed by atoms with E-state index in [1.807, 2.05) is 24.3 Å². The van der Waals surface area contributed by atoms with Crippen molar-refractivity contribution in [3.63, 3.8) is 0 Å². The minimum Gasteiger partial charge on any atom is -0.431 e. The molecule has 0 spiro atoms.